The normalized spacial score (nSPS) is 11.4. The van der Waals surface area contributed by atoms with Gasteiger partial charge in [0.1, 0.15) is 5.75 Å². The highest BCUT2D eigenvalue weighted by molar-refractivity contribution is 5.87. The van der Waals surface area contributed by atoms with Gasteiger partial charge in [0.2, 0.25) is 0 Å². The second kappa shape index (κ2) is 9.55. The van der Waals surface area contributed by atoms with E-state index in [1.54, 1.807) is 25.4 Å². The molecule has 0 saturated heterocycles. The third-order valence-corrected chi connectivity index (χ3v) is 4.60. The van der Waals surface area contributed by atoms with Crippen LogP contribution >= 0.6 is 0 Å². The van der Waals surface area contributed by atoms with Gasteiger partial charge in [0, 0.05) is 18.9 Å². The summed E-state index contributed by atoms with van der Waals surface area (Å²) in [6.45, 7) is 0.767. The minimum atomic E-state index is -0.909. The number of aryl methyl sites for hydroxylation is 1. The van der Waals surface area contributed by atoms with Crippen molar-refractivity contribution in [3.05, 3.63) is 89.5 Å². The zero-order valence-electron chi connectivity index (χ0n) is 15.9. The molecular weight excluding hydrogens is 352 g/mol. The molecule has 2 aromatic carbocycles. The minimum absolute atomic E-state index is 0.299. The number of nitrogens with zero attached hydrogens (tertiary/aromatic N) is 2. The number of allylic oxidation sites excluding steroid dienone is 1. The van der Waals surface area contributed by atoms with E-state index in [-0.39, 0.29) is 0 Å². The Morgan fingerprint density at radius 2 is 1.89 bits per heavy atom. The lowest BCUT2D eigenvalue weighted by atomic mass is 10.0. The van der Waals surface area contributed by atoms with Crippen molar-refractivity contribution >= 4 is 12.0 Å². The lowest BCUT2D eigenvalue weighted by Crippen LogP contribution is -2.00. The average Bonchev–Trinajstić information content (AvgIpc) is 3.22. The van der Waals surface area contributed by atoms with Gasteiger partial charge in [0.15, 0.2) is 0 Å². The highest BCUT2D eigenvalue weighted by Gasteiger charge is 2.04. The van der Waals surface area contributed by atoms with E-state index in [2.05, 4.69) is 23.2 Å². The summed E-state index contributed by atoms with van der Waals surface area (Å²) in [7, 11) is 1.67. The van der Waals surface area contributed by atoms with Crippen LogP contribution in [0.2, 0.25) is 0 Å². The molecule has 0 spiro atoms. The first kappa shape index (κ1) is 19.4. The SMILES string of the molecule is COc1ccc(CCC/C(=C\c2ccc(C(=O)O)cc2)Cn2ccnc2)cc1. The maximum atomic E-state index is 11.0. The van der Waals surface area contributed by atoms with Gasteiger partial charge in [-0.2, -0.15) is 0 Å². The third-order valence-electron chi connectivity index (χ3n) is 4.60. The van der Waals surface area contributed by atoms with Crippen LogP contribution < -0.4 is 4.74 Å². The number of hydrogen-bond donors (Lipinski definition) is 1. The first-order valence-corrected chi connectivity index (χ1v) is 9.25. The van der Waals surface area contributed by atoms with E-state index in [1.165, 1.54) is 11.1 Å². The van der Waals surface area contributed by atoms with Crippen molar-refractivity contribution < 1.29 is 14.6 Å². The van der Waals surface area contributed by atoms with E-state index < -0.39 is 5.97 Å². The monoisotopic (exact) mass is 376 g/mol. The molecular formula is C23H24N2O3. The molecule has 0 aliphatic carbocycles. The maximum Gasteiger partial charge on any atom is 0.335 e. The molecule has 1 N–H and O–H groups in total. The summed E-state index contributed by atoms with van der Waals surface area (Å²) in [5.74, 6) is -0.0390. The lowest BCUT2D eigenvalue weighted by Gasteiger charge is -2.10. The standard InChI is InChI=1S/C23H24N2O3/c1-28-22-11-7-18(8-12-22)3-2-4-20(16-25-14-13-24-17-25)15-19-5-9-21(10-6-19)23(26)27/h5-15,17H,2-4,16H2,1H3,(H,26,27)/b20-15+. The van der Waals surface area contributed by atoms with Crippen LogP contribution in [0.1, 0.15) is 34.3 Å². The fraction of sp³-hybridized carbons (Fsp3) is 0.217. The minimum Gasteiger partial charge on any atom is -0.497 e. The number of imidazole rings is 1. The van der Waals surface area contributed by atoms with E-state index in [1.807, 2.05) is 41.4 Å². The fourth-order valence-corrected chi connectivity index (χ4v) is 3.08. The van der Waals surface area contributed by atoms with Crippen molar-refractivity contribution in [2.75, 3.05) is 7.11 Å². The number of carboxylic acid groups (broad SMARTS) is 1. The van der Waals surface area contributed by atoms with Crippen molar-refractivity contribution in [3.8, 4) is 5.75 Å². The Bertz CT molecular complexity index is 911. The fourth-order valence-electron chi connectivity index (χ4n) is 3.08. The number of benzene rings is 2. The van der Waals surface area contributed by atoms with Gasteiger partial charge in [-0.1, -0.05) is 30.3 Å². The molecule has 28 heavy (non-hydrogen) atoms. The molecule has 1 heterocycles. The first-order chi connectivity index (χ1) is 13.6. The van der Waals surface area contributed by atoms with Crippen LogP contribution in [0, 0.1) is 0 Å². The maximum absolute atomic E-state index is 11.0. The van der Waals surface area contributed by atoms with Crippen molar-refractivity contribution in [1.82, 2.24) is 9.55 Å². The van der Waals surface area contributed by atoms with Crippen LogP contribution in [0.25, 0.3) is 6.08 Å². The molecule has 0 saturated carbocycles. The highest BCUT2D eigenvalue weighted by atomic mass is 16.5. The van der Waals surface area contributed by atoms with E-state index in [4.69, 9.17) is 9.84 Å². The Kier molecular flexibility index (Phi) is 6.63. The molecule has 0 aliphatic heterocycles. The second-order valence-electron chi connectivity index (χ2n) is 6.67. The van der Waals surface area contributed by atoms with Gasteiger partial charge in [-0.15, -0.1) is 0 Å². The van der Waals surface area contributed by atoms with Crippen LogP contribution in [0.4, 0.5) is 0 Å². The van der Waals surface area contributed by atoms with Gasteiger partial charge in [0.25, 0.3) is 0 Å². The average molecular weight is 376 g/mol. The summed E-state index contributed by atoms with van der Waals surface area (Å²) in [6.07, 6.45) is 10.6. The zero-order valence-corrected chi connectivity index (χ0v) is 15.9. The Hall–Kier alpha value is -3.34. The molecule has 1 aromatic heterocycles. The summed E-state index contributed by atoms with van der Waals surface area (Å²) >= 11 is 0. The van der Waals surface area contributed by atoms with Crippen LogP contribution in [0.15, 0.2) is 72.8 Å². The van der Waals surface area contributed by atoms with Gasteiger partial charge < -0.3 is 14.4 Å². The number of aromatic nitrogens is 2. The summed E-state index contributed by atoms with van der Waals surface area (Å²) in [6, 6.07) is 15.1. The molecule has 3 aromatic rings. The van der Waals surface area contributed by atoms with Crippen LogP contribution in [0.3, 0.4) is 0 Å². The third kappa shape index (κ3) is 5.58. The van der Waals surface area contributed by atoms with E-state index in [9.17, 15) is 4.79 Å². The molecule has 0 aliphatic rings. The predicted octanol–water partition coefficient (Wildman–Crippen LogP) is 4.70. The Balaban J connectivity index is 1.68. The summed E-state index contributed by atoms with van der Waals surface area (Å²) in [5, 5.41) is 9.05. The molecule has 0 bridgehead atoms. The number of hydrogen-bond acceptors (Lipinski definition) is 3. The number of carbonyl (C=O) groups is 1. The van der Waals surface area contributed by atoms with E-state index in [0.29, 0.717) is 5.56 Å². The molecule has 0 fully saturated rings. The summed E-state index contributed by atoms with van der Waals surface area (Å²) in [4.78, 5) is 15.1. The lowest BCUT2D eigenvalue weighted by molar-refractivity contribution is 0.0697. The Labute approximate surface area is 164 Å². The van der Waals surface area contributed by atoms with Crippen molar-refractivity contribution in [2.45, 2.75) is 25.8 Å². The van der Waals surface area contributed by atoms with Crippen molar-refractivity contribution in [1.29, 1.82) is 0 Å². The zero-order chi connectivity index (χ0) is 19.8. The quantitative estimate of drug-likeness (QED) is 0.588. The number of methoxy groups -OCH3 is 1. The van der Waals surface area contributed by atoms with Crippen LogP contribution in [0.5, 0.6) is 5.75 Å². The van der Waals surface area contributed by atoms with Gasteiger partial charge in [-0.05, 0) is 60.2 Å². The molecule has 3 rings (SSSR count). The molecule has 144 valence electrons. The molecule has 0 unspecified atom stereocenters. The van der Waals surface area contributed by atoms with Gasteiger partial charge >= 0.3 is 5.97 Å². The van der Waals surface area contributed by atoms with Crippen molar-refractivity contribution in [2.24, 2.45) is 0 Å². The first-order valence-electron chi connectivity index (χ1n) is 9.25. The smallest absolute Gasteiger partial charge is 0.335 e. The van der Waals surface area contributed by atoms with Crippen LogP contribution in [-0.2, 0) is 13.0 Å². The highest BCUT2D eigenvalue weighted by Crippen LogP contribution is 2.18. The predicted molar refractivity (Wildman–Crippen MR) is 110 cm³/mol. The Morgan fingerprint density at radius 1 is 1.14 bits per heavy atom. The molecule has 0 amide bonds. The van der Waals surface area contributed by atoms with Crippen LogP contribution in [-0.4, -0.2) is 27.7 Å². The summed E-state index contributed by atoms with van der Waals surface area (Å²) in [5.41, 5.74) is 3.86. The molecule has 0 radical (unpaired) electrons. The molecule has 5 nitrogen and oxygen atoms in total. The number of aromatic carboxylic acids is 1. The molecule has 0 atom stereocenters. The Morgan fingerprint density at radius 3 is 2.50 bits per heavy atom. The van der Waals surface area contributed by atoms with Crippen molar-refractivity contribution in [3.63, 3.8) is 0 Å². The summed E-state index contributed by atoms with van der Waals surface area (Å²) < 4.78 is 7.25. The number of carboxylic acids is 1. The van der Waals surface area contributed by atoms with E-state index in [0.717, 1.165) is 37.1 Å². The number of rotatable bonds is 9. The van der Waals surface area contributed by atoms with Gasteiger partial charge in [0.05, 0.1) is 19.0 Å². The molecule has 5 heteroatoms. The van der Waals surface area contributed by atoms with Gasteiger partial charge in [-0.25, -0.2) is 9.78 Å². The van der Waals surface area contributed by atoms with Gasteiger partial charge in [-0.3, -0.25) is 0 Å². The number of ether oxygens (including phenoxy) is 1. The topological polar surface area (TPSA) is 64.3 Å². The largest absolute Gasteiger partial charge is 0.497 e. The van der Waals surface area contributed by atoms with E-state index >= 15 is 0 Å². The second-order valence-corrected chi connectivity index (χ2v) is 6.67.